The highest BCUT2D eigenvalue weighted by Crippen LogP contribution is 2.25. The summed E-state index contributed by atoms with van der Waals surface area (Å²) in [6, 6.07) is 6.29. The van der Waals surface area contributed by atoms with Gasteiger partial charge in [0.25, 0.3) is 0 Å². The van der Waals surface area contributed by atoms with Gasteiger partial charge in [0, 0.05) is 5.39 Å². The van der Waals surface area contributed by atoms with Gasteiger partial charge in [0.1, 0.15) is 6.20 Å². The molecule has 0 saturated heterocycles. The van der Waals surface area contributed by atoms with Gasteiger partial charge in [0.15, 0.2) is 6.07 Å². The quantitative estimate of drug-likeness (QED) is 0.477. The van der Waals surface area contributed by atoms with E-state index in [0.29, 0.717) is 0 Å². The zero-order chi connectivity index (χ0) is 13.2. The molecule has 0 atom stereocenters. The molecule has 19 heavy (non-hydrogen) atoms. The van der Waals surface area contributed by atoms with Crippen molar-refractivity contribution in [3.8, 4) is 6.07 Å². The van der Waals surface area contributed by atoms with Crippen LogP contribution in [0.15, 0.2) is 24.5 Å². The summed E-state index contributed by atoms with van der Waals surface area (Å²) in [6.07, 6.45) is 8.31. The van der Waals surface area contributed by atoms with Crippen molar-refractivity contribution in [3.05, 3.63) is 35.7 Å². The van der Waals surface area contributed by atoms with E-state index in [9.17, 15) is 0 Å². The lowest BCUT2D eigenvalue weighted by molar-refractivity contribution is -0.640. The number of allylic oxidation sites excluding steroid dienone is 1. The normalized spacial score (nSPS) is 13.4. The Hall–Kier alpha value is -2.50. The Morgan fingerprint density at radius 1 is 1.21 bits per heavy atom. The van der Waals surface area contributed by atoms with Gasteiger partial charge in [-0.25, -0.2) is 0 Å². The number of aryl methyl sites for hydroxylation is 2. The lowest BCUT2D eigenvalue weighted by Crippen LogP contribution is -2.35. The number of aromatic nitrogens is 2. The zero-order valence-electron chi connectivity index (χ0n) is 10.5. The summed E-state index contributed by atoms with van der Waals surface area (Å²) in [7, 11) is 0. The van der Waals surface area contributed by atoms with E-state index in [4.69, 9.17) is 10.7 Å². The van der Waals surface area contributed by atoms with Gasteiger partial charge in [-0.05, 0) is 58.7 Å². The van der Waals surface area contributed by atoms with Gasteiger partial charge in [-0.15, -0.1) is 0 Å². The Morgan fingerprint density at radius 2 is 1.89 bits per heavy atom. The Kier molecular flexibility index (Phi) is 2.83. The molecule has 2 aromatic rings. The number of hydrogen-bond acceptors (Lipinski definition) is 3. The van der Waals surface area contributed by atoms with Gasteiger partial charge < -0.3 is 0 Å². The smallest absolute Gasteiger partial charge is 0.252 e. The van der Waals surface area contributed by atoms with Crippen molar-refractivity contribution >= 4 is 22.3 Å². The predicted octanol–water partition coefficient (Wildman–Crippen LogP) is 2.01. The summed E-state index contributed by atoms with van der Waals surface area (Å²) in [6.45, 7) is 0. The number of benzene rings is 1. The molecule has 3 rings (SSSR count). The third-order valence-corrected chi connectivity index (χ3v) is 3.58. The third kappa shape index (κ3) is 2.01. The van der Waals surface area contributed by atoms with Crippen LogP contribution in [0.2, 0.25) is 0 Å². The molecule has 0 amide bonds. The number of nitrogens with zero attached hydrogens (tertiary/aromatic N) is 3. The van der Waals surface area contributed by atoms with Crippen LogP contribution in [-0.2, 0) is 12.8 Å². The first-order chi connectivity index (χ1) is 9.31. The molecule has 1 N–H and O–H groups in total. The maximum atomic E-state index is 8.91. The fraction of sp³-hybridized carbons (Fsp3) is 0.267. The highest BCUT2D eigenvalue weighted by atomic mass is 15.3. The minimum atomic E-state index is 0.0969. The van der Waals surface area contributed by atoms with E-state index in [2.05, 4.69) is 23.1 Å². The van der Waals surface area contributed by atoms with Gasteiger partial charge in [-0.2, -0.15) is 5.26 Å². The molecule has 1 aliphatic rings. The topological polar surface area (TPSA) is 64.4 Å². The fourth-order valence-corrected chi connectivity index (χ4v) is 2.60. The minimum Gasteiger partial charge on any atom is -0.252 e. The molecular weight excluding hydrogens is 236 g/mol. The first kappa shape index (κ1) is 11.6. The number of nitriles is 1. The molecule has 0 aliphatic heterocycles. The average Bonchev–Trinajstić information content (AvgIpc) is 2.46. The summed E-state index contributed by atoms with van der Waals surface area (Å²) < 4.78 is 1.41. The van der Waals surface area contributed by atoms with Gasteiger partial charge in [-0.3, -0.25) is 5.41 Å². The highest BCUT2D eigenvalue weighted by molar-refractivity contribution is 5.84. The fourth-order valence-electron chi connectivity index (χ4n) is 2.60. The van der Waals surface area contributed by atoms with Crippen molar-refractivity contribution in [2.24, 2.45) is 0 Å². The first-order valence-electron chi connectivity index (χ1n) is 6.35. The molecule has 1 aliphatic carbocycles. The SMILES string of the molecule is N#CC(=C=N)[n+]1cc2cc3c(cc2cn1)CCCC3. The Balaban J connectivity index is 2.18. The van der Waals surface area contributed by atoms with Crippen molar-refractivity contribution < 1.29 is 4.68 Å². The minimum absolute atomic E-state index is 0.0969. The molecule has 4 heteroatoms. The van der Waals surface area contributed by atoms with E-state index < -0.39 is 0 Å². The van der Waals surface area contributed by atoms with Gasteiger partial charge in [0.05, 0.1) is 11.3 Å². The molecule has 92 valence electrons. The van der Waals surface area contributed by atoms with E-state index in [1.54, 1.807) is 12.4 Å². The van der Waals surface area contributed by atoms with Crippen LogP contribution in [0.25, 0.3) is 16.5 Å². The van der Waals surface area contributed by atoms with Crippen molar-refractivity contribution in [2.75, 3.05) is 0 Å². The molecule has 0 bridgehead atoms. The number of hydrogen-bond donors (Lipinski definition) is 1. The molecule has 1 aromatic carbocycles. The van der Waals surface area contributed by atoms with Crippen LogP contribution >= 0.6 is 0 Å². The third-order valence-electron chi connectivity index (χ3n) is 3.58. The Morgan fingerprint density at radius 3 is 2.53 bits per heavy atom. The van der Waals surface area contributed by atoms with Gasteiger partial charge in [0.2, 0.25) is 6.20 Å². The van der Waals surface area contributed by atoms with Gasteiger partial charge in [-0.1, -0.05) is 0 Å². The molecule has 1 aromatic heterocycles. The molecular formula is C15H13N4+. The van der Waals surface area contributed by atoms with Crippen LogP contribution in [-0.4, -0.2) is 11.0 Å². The lowest BCUT2D eigenvalue weighted by atomic mass is 9.90. The van der Waals surface area contributed by atoms with E-state index >= 15 is 0 Å². The van der Waals surface area contributed by atoms with Crippen molar-refractivity contribution in [3.63, 3.8) is 0 Å². The average molecular weight is 249 g/mol. The molecule has 0 saturated carbocycles. The summed E-state index contributed by atoms with van der Waals surface area (Å²) >= 11 is 0. The molecule has 0 unspecified atom stereocenters. The monoisotopic (exact) mass is 249 g/mol. The maximum Gasteiger partial charge on any atom is 0.376 e. The first-order valence-corrected chi connectivity index (χ1v) is 6.35. The highest BCUT2D eigenvalue weighted by Gasteiger charge is 2.15. The van der Waals surface area contributed by atoms with Crippen molar-refractivity contribution in [1.82, 2.24) is 5.10 Å². The van der Waals surface area contributed by atoms with Crippen molar-refractivity contribution in [2.45, 2.75) is 25.7 Å². The Labute approximate surface area is 111 Å². The van der Waals surface area contributed by atoms with E-state index in [-0.39, 0.29) is 5.70 Å². The second-order valence-corrected chi connectivity index (χ2v) is 4.76. The van der Waals surface area contributed by atoms with Crippen LogP contribution in [0.3, 0.4) is 0 Å². The second-order valence-electron chi connectivity index (χ2n) is 4.76. The molecule has 0 spiro atoms. The number of nitrogens with one attached hydrogen (secondary N) is 1. The van der Waals surface area contributed by atoms with E-state index in [0.717, 1.165) is 23.6 Å². The summed E-state index contributed by atoms with van der Waals surface area (Å²) in [5, 5.41) is 22.3. The summed E-state index contributed by atoms with van der Waals surface area (Å²) in [4.78, 5) is 0. The van der Waals surface area contributed by atoms with Gasteiger partial charge >= 0.3 is 5.70 Å². The molecule has 0 radical (unpaired) electrons. The molecule has 0 fully saturated rings. The number of fused-ring (bicyclic) bond motifs is 2. The van der Waals surface area contributed by atoms with Crippen LogP contribution in [0.4, 0.5) is 0 Å². The molecule has 4 nitrogen and oxygen atoms in total. The van der Waals surface area contributed by atoms with Crippen molar-refractivity contribution in [1.29, 1.82) is 10.7 Å². The number of rotatable bonds is 1. The van der Waals surface area contributed by atoms with Crippen LogP contribution in [0, 0.1) is 16.7 Å². The van der Waals surface area contributed by atoms with Crippen LogP contribution in [0.1, 0.15) is 24.0 Å². The van der Waals surface area contributed by atoms with E-state index in [1.165, 1.54) is 28.7 Å². The van der Waals surface area contributed by atoms with Crippen LogP contribution in [0.5, 0.6) is 0 Å². The largest absolute Gasteiger partial charge is 0.376 e. The van der Waals surface area contributed by atoms with E-state index in [1.807, 2.05) is 6.07 Å². The predicted molar refractivity (Wildman–Crippen MR) is 71.6 cm³/mol. The molecule has 1 heterocycles. The lowest BCUT2D eigenvalue weighted by Gasteiger charge is -2.15. The summed E-state index contributed by atoms with van der Waals surface area (Å²) in [5.74, 6) is 2.10. The zero-order valence-corrected chi connectivity index (χ0v) is 10.5. The van der Waals surface area contributed by atoms with Crippen LogP contribution < -0.4 is 4.68 Å². The Bertz CT molecular complexity index is 749. The standard InChI is InChI=1S/C15H13N4/c16-7-15(8-17)19-10-14-6-12-4-2-1-3-11(12)5-13(14)9-18-19/h5-6,9-10,16H,1-4H2/q+1. The second kappa shape index (κ2) is 4.64. The maximum absolute atomic E-state index is 8.91. The summed E-state index contributed by atoms with van der Waals surface area (Å²) in [5.41, 5.74) is 2.91.